The predicted octanol–water partition coefficient (Wildman–Crippen LogP) is 1.10. The fraction of sp³-hybridized carbons (Fsp3) is 0.500. The summed E-state index contributed by atoms with van der Waals surface area (Å²) in [6.07, 6.45) is 0.227. The molecule has 1 N–H and O–H groups in total. The Balaban J connectivity index is 1.88. The minimum atomic E-state index is -0.472. The Labute approximate surface area is 123 Å². The molecule has 1 amide bonds. The normalized spacial score (nSPS) is 14.8. The highest BCUT2D eigenvalue weighted by atomic mass is 16.6. The van der Waals surface area contributed by atoms with E-state index in [4.69, 9.17) is 4.74 Å². The van der Waals surface area contributed by atoms with Gasteiger partial charge in [0.15, 0.2) is 5.75 Å². The van der Waals surface area contributed by atoms with Gasteiger partial charge in [-0.3, -0.25) is 14.9 Å². The second kappa shape index (κ2) is 7.03. The van der Waals surface area contributed by atoms with Gasteiger partial charge in [-0.15, -0.1) is 0 Å². The Bertz CT molecular complexity index is 527. The highest BCUT2D eigenvalue weighted by Gasteiger charge is 2.18. The van der Waals surface area contributed by atoms with Crippen molar-refractivity contribution >= 4 is 11.6 Å². The highest BCUT2D eigenvalue weighted by molar-refractivity contribution is 5.76. The highest BCUT2D eigenvalue weighted by Crippen LogP contribution is 2.27. The summed E-state index contributed by atoms with van der Waals surface area (Å²) in [5.74, 6) is 0.227. The smallest absolute Gasteiger partial charge is 0.311 e. The van der Waals surface area contributed by atoms with Crippen molar-refractivity contribution in [3.05, 3.63) is 33.9 Å². The monoisotopic (exact) mass is 293 g/mol. The Morgan fingerprint density at radius 3 is 2.81 bits per heavy atom. The number of nitro benzene ring substituents is 1. The van der Waals surface area contributed by atoms with Crippen LogP contribution in [0.25, 0.3) is 0 Å². The molecule has 0 unspecified atom stereocenters. The minimum Gasteiger partial charge on any atom is -0.486 e. The molecule has 1 fully saturated rings. The molecule has 0 bridgehead atoms. The lowest BCUT2D eigenvalue weighted by Crippen LogP contribution is -2.46. The average molecular weight is 293 g/mol. The first-order valence-corrected chi connectivity index (χ1v) is 6.94. The van der Waals surface area contributed by atoms with Crippen molar-refractivity contribution < 1.29 is 14.5 Å². The van der Waals surface area contributed by atoms with E-state index < -0.39 is 4.92 Å². The van der Waals surface area contributed by atoms with Gasteiger partial charge in [-0.05, 0) is 18.6 Å². The van der Waals surface area contributed by atoms with Gasteiger partial charge in [0.2, 0.25) is 5.91 Å². The molecule has 0 saturated carbocycles. The number of carbonyl (C=O) groups is 1. The lowest BCUT2D eigenvalue weighted by molar-refractivity contribution is -0.385. The molecule has 114 valence electrons. The molecular formula is C14H19N3O4. The maximum absolute atomic E-state index is 11.9. The van der Waals surface area contributed by atoms with E-state index in [0.717, 1.165) is 18.7 Å². The zero-order valence-electron chi connectivity index (χ0n) is 12.0. The summed E-state index contributed by atoms with van der Waals surface area (Å²) in [5, 5.41) is 14.1. The van der Waals surface area contributed by atoms with Gasteiger partial charge in [0.05, 0.1) is 18.0 Å². The first kappa shape index (κ1) is 15.2. The van der Waals surface area contributed by atoms with E-state index in [9.17, 15) is 14.9 Å². The number of benzene rings is 1. The maximum Gasteiger partial charge on any atom is 0.311 e. The maximum atomic E-state index is 11.9. The van der Waals surface area contributed by atoms with Crippen molar-refractivity contribution in [2.45, 2.75) is 13.3 Å². The molecule has 7 nitrogen and oxygen atoms in total. The number of piperazine rings is 1. The molecule has 1 aromatic rings. The summed E-state index contributed by atoms with van der Waals surface area (Å²) < 4.78 is 5.41. The third kappa shape index (κ3) is 4.16. The minimum absolute atomic E-state index is 0.0197. The number of rotatable bonds is 5. The fourth-order valence-corrected chi connectivity index (χ4v) is 2.21. The molecule has 0 aromatic heterocycles. The van der Waals surface area contributed by atoms with Gasteiger partial charge in [-0.2, -0.15) is 0 Å². The van der Waals surface area contributed by atoms with Crippen molar-refractivity contribution in [3.63, 3.8) is 0 Å². The second-order valence-electron chi connectivity index (χ2n) is 4.96. The van der Waals surface area contributed by atoms with Crippen LogP contribution in [0.2, 0.25) is 0 Å². The number of nitrogens with zero attached hydrogens (tertiary/aromatic N) is 2. The fourth-order valence-electron chi connectivity index (χ4n) is 2.21. The number of ether oxygens (including phenoxy) is 1. The third-order valence-electron chi connectivity index (χ3n) is 3.35. The summed E-state index contributed by atoms with van der Waals surface area (Å²) in [6, 6.07) is 4.79. The van der Waals surface area contributed by atoms with Crippen LogP contribution in [0, 0.1) is 17.0 Å². The molecule has 2 rings (SSSR count). The van der Waals surface area contributed by atoms with Crippen molar-refractivity contribution in [1.29, 1.82) is 0 Å². The Morgan fingerprint density at radius 1 is 1.43 bits per heavy atom. The van der Waals surface area contributed by atoms with Crippen molar-refractivity contribution in [1.82, 2.24) is 10.2 Å². The molecule has 0 aliphatic carbocycles. The molecule has 1 aromatic carbocycles. The quantitative estimate of drug-likeness (QED) is 0.649. The van der Waals surface area contributed by atoms with Crippen LogP contribution in [0.3, 0.4) is 0 Å². The third-order valence-corrected chi connectivity index (χ3v) is 3.35. The number of amides is 1. The Morgan fingerprint density at radius 2 is 2.14 bits per heavy atom. The van der Waals surface area contributed by atoms with E-state index in [1.165, 1.54) is 6.07 Å². The number of nitrogens with one attached hydrogen (secondary N) is 1. The molecule has 0 radical (unpaired) electrons. The van der Waals surface area contributed by atoms with E-state index in [1.54, 1.807) is 24.0 Å². The van der Waals surface area contributed by atoms with E-state index in [-0.39, 0.29) is 30.4 Å². The molecule has 7 heteroatoms. The summed E-state index contributed by atoms with van der Waals surface area (Å²) in [6.45, 7) is 4.93. The van der Waals surface area contributed by atoms with Gasteiger partial charge in [0.25, 0.3) is 0 Å². The van der Waals surface area contributed by atoms with E-state index in [2.05, 4.69) is 5.32 Å². The molecule has 1 saturated heterocycles. The Hall–Kier alpha value is -2.15. The van der Waals surface area contributed by atoms with E-state index >= 15 is 0 Å². The molecule has 21 heavy (non-hydrogen) atoms. The molecule has 1 heterocycles. The van der Waals surface area contributed by atoms with Crippen LogP contribution >= 0.6 is 0 Å². The largest absolute Gasteiger partial charge is 0.486 e. The van der Waals surface area contributed by atoms with Crippen LogP contribution in [0.1, 0.15) is 12.0 Å². The van der Waals surface area contributed by atoms with Crippen LogP contribution in [0.5, 0.6) is 5.75 Å². The predicted molar refractivity (Wildman–Crippen MR) is 77.4 cm³/mol. The average Bonchev–Trinajstić information content (AvgIpc) is 2.49. The summed E-state index contributed by atoms with van der Waals surface area (Å²) in [4.78, 5) is 24.2. The molecule has 0 atom stereocenters. The van der Waals surface area contributed by atoms with Gasteiger partial charge in [-0.25, -0.2) is 0 Å². The van der Waals surface area contributed by atoms with Crippen molar-refractivity contribution in [3.8, 4) is 5.75 Å². The van der Waals surface area contributed by atoms with Gasteiger partial charge < -0.3 is 15.0 Å². The molecule has 0 spiro atoms. The zero-order valence-corrected chi connectivity index (χ0v) is 12.0. The van der Waals surface area contributed by atoms with Crippen molar-refractivity contribution in [2.24, 2.45) is 0 Å². The second-order valence-corrected chi connectivity index (χ2v) is 4.96. The Kier molecular flexibility index (Phi) is 5.10. The lowest BCUT2D eigenvalue weighted by atomic mass is 10.2. The van der Waals surface area contributed by atoms with Crippen LogP contribution in [-0.4, -0.2) is 48.5 Å². The SMILES string of the molecule is Cc1ccc(OCCC(=O)N2CCNCC2)c([N+](=O)[O-])c1. The lowest BCUT2D eigenvalue weighted by Gasteiger charge is -2.27. The van der Waals surface area contributed by atoms with E-state index in [1.807, 2.05) is 0 Å². The first-order valence-electron chi connectivity index (χ1n) is 6.94. The zero-order chi connectivity index (χ0) is 15.2. The van der Waals surface area contributed by atoms with E-state index in [0.29, 0.717) is 13.1 Å². The van der Waals surface area contributed by atoms with Crippen LogP contribution in [-0.2, 0) is 4.79 Å². The van der Waals surface area contributed by atoms with Gasteiger partial charge in [-0.1, -0.05) is 6.07 Å². The number of carbonyl (C=O) groups excluding carboxylic acids is 1. The van der Waals surface area contributed by atoms with Gasteiger partial charge >= 0.3 is 5.69 Å². The summed E-state index contributed by atoms with van der Waals surface area (Å²) >= 11 is 0. The van der Waals surface area contributed by atoms with Gasteiger partial charge in [0, 0.05) is 32.2 Å². The standard InChI is InChI=1S/C14H19N3O4/c1-11-2-3-13(12(10-11)17(19)20)21-9-4-14(18)16-7-5-15-6-8-16/h2-3,10,15H,4-9H2,1H3. The number of hydrogen-bond donors (Lipinski definition) is 1. The van der Waals surface area contributed by atoms with Crippen molar-refractivity contribution in [2.75, 3.05) is 32.8 Å². The molecule has 1 aliphatic rings. The van der Waals surface area contributed by atoms with Crippen LogP contribution in [0.15, 0.2) is 18.2 Å². The first-order chi connectivity index (χ1) is 10.1. The molecule has 1 aliphatic heterocycles. The molecular weight excluding hydrogens is 274 g/mol. The van der Waals surface area contributed by atoms with Crippen LogP contribution in [0.4, 0.5) is 5.69 Å². The van der Waals surface area contributed by atoms with Crippen LogP contribution < -0.4 is 10.1 Å². The summed E-state index contributed by atoms with van der Waals surface area (Å²) in [7, 11) is 0. The van der Waals surface area contributed by atoms with Gasteiger partial charge in [0.1, 0.15) is 0 Å². The number of hydrogen-bond acceptors (Lipinski definition) is 5. The number of aryl methyl sites for hydroxylation is 1. The number of nitro groups is 1. The topological polar surface area (TPSA) is 84.7 Å². The summed E-state index contributed by atoms with van der Waals surface area (Å²) in [5.41, 5.74) is 0.732.